The van der Waals surface area contributed by atoms with Gasteiger partial charge < -0.3 is 9.32 Å². The maximum atomic E-state index is 13.3. The zero-order valence-corrected chi connectivity index (χ0v) is 15.8. The van der Waals surface area contributed by atoms with Gasteiger partial charge in [0.1, 0.15) is 5.58 Å². The highest BCUT2D eigenvalue weighted by atomic mass is 16.3. The van der Waals surface area contributed by atoms with Gasteiger partial charge in [-0.05, 0) is 63.5 Å². The molecule has 2 bridgehead atoms. The van der Waals surface area contributed by atoms with Crippen molar-refractivity contribution in [3.8, 4) is 0 Å². The lowest BCUT2D eigenvalue weighted by Gasteiger charge is -2.36. The van der Waals surface area contributed by atoms with Gasteiger partial charge in [0.25, 0.3) is 5.91 Å². The van der Waals surface area contributed by atoms with Crippen LogP contribution in [-0.2, 0) is 0 Å². The van der Waals surface area contributed by atoms with Crippen LogP contribution in [0.3, 0.4) is 0 Å². The molecule has 6 rings (SSSR count). The molecule has 2 aromatic rings. The van der Waals surface area contributed by atoms with Crippen molar-refractivity contribution in [3.63, 3.8) is 0 Å². The van der Waals surface area contributed by atoms with Gasteiger partial charge >= 0.3 is 0 Å². The van der Waals surface area contributed by atoms with Crippen molar-refractivity contribution in [2.24, 2.45) is 11.8 Å². The molecule has 4 nitrogen and oxygen atoms in total. The van der Waals surface area contributed by atoms with E-state index in [1.807, 2.05) is 19.1 Å². The summed E-state index contributed by atoms with van der Waals surface area (Å²) in [6.07, 6.45) is 5.29. The Hall–Kier alpha value is -1.81. The molecule has 3 saturated heterocycles. The van der Waals surface area contributed by atoms with Crippen LogP contribution in [-0.4, -0.2) is 47.9 Å². The summed E-state index contributed by atoms with van der Waals surface area (Å²) in [5.74, 6) is 2.16. The minimum absolute atomic E-state index is 0.0847. The third kappa shape index (κ3) is 2.84. The Morgan fingerprint density at radius 1 is 1.12 bits per heavy atom. The lowest BCUT2D eigenvalue weighted by Crippen LogP contribution is -2.45. The number of hydrogen-bond acceptors (Lipinski definition) is 3. The summed E-state index contributed by atoms with van der Waals surface area (Å²) < 4.78 is 6.00. The number of aryl methyl sites for hydroxylation is 2. The van der Waals surface area contributed by atoms with Crippen LogP contribution in [0.25, 0.3) is 11.0 Å². The number of furan rings is 1. The summed E-state index contributed by atoms with van der Waals surface area (Å²) >= 11 is 0. The molecule has 0 radical (unpaired) electrons. The smallest absolute Gasteiger partial charge is 0.289 e. The van der Waals surface area contributed by atoms with E-state index in [1.165, 1.54) is 44.3 Å². The van der Waals surface area contributed by atoms with E-state index in [2.05, 4.69) is 22.8 Å². The molecule has 4 fully saturated rings. The van der Waals surface area contributed by atoms with Gasteiger partial charge in [0.15, 0.2) is 5.76 Å². The van der Waals surface area contributed by atoms with Crippen molar-refractivity contribution in [2.75, 3.05) is 26.2 Å². The standard InChI is InChI=1S/C22H28N2O2/c1-14-3-8-20-19(9-14)15(2)21(26-20)22(25)24-12-17-6-7-18(13-24)23(11-17)10-16-4-5-16/h3,8-9,16-18H,4-7,10-13H2,1-2H3/t17-,18-/m0/s1. The number of nitrogens with zero attached hydrogens (tertiary/aromatic N) is 2. The number of carbonyl (C=O) groups excluding carboxylic acids is 1. The second-order valence-electron chi connectivity index (χ2n) is 8.76. The lowest BCUT2D eigenvalue weighted by molar-refractivity contribution is 0.0706. The zero-order valence-electron chi connectivity index (χ0n) is 15.8. The van der Waals surface area contributed by atoms with Crippen LogP contribution in [0.2, 0.25) is 0 Å². The van der Waals surface area contributed by atoms with Gasteiger partial charge in [-0.15, -0.1) is 0 Å². The molecule has 1 aliphatic carbocycles. The SMILES string of the molecule is Cc1ccc2oc(C(=O)N3C[C@H]4CC[C@@H](C3)N(CC3CC3)C4)c(C)c2c1. The number of hydrogen-bond donors (Lipinski definition) is 0. The molecule has 26 heavy (non-hydrogen) atoms. The average Bonchev–Trinajstić information content (AvgIpc) is 3.43. The van der Waals surface area contributed by atoms with Gasteiger partial charge in [0, 0.05) is 43.2 Å². The molecule has 4 heterocycles. The van der Waals surface area contributed by atoms with E-state index in [-0.39, 0.29) is 5.91 Å². The number of carbonyl (C=O) groups is 1. The molecule has 0 unspecified atom stereocenters. The first-order chi connectivity index (χ1) is 12.6. The zero-order chi connectivity index (χ0) is 17.8. The molecular weight excluding hydrogens is 324 g/mol. The van der Waals surface area contributed by atoms with Crippen molar-refractivity contribution in [3.05, 3.63) is 35.1 Å². The molecule has 1 aromatic carbocycles. The van der Waals surface area contributed by atoms with Crippen LogP contribution >= 0.6 is 0 Å². The van der Waals surface area contributed by atoms with Gasteiger partial charge in [0.05, 0.1) is 0 Å². The largest absolute Gasteiger partial charge is 0.451 e. The second kappa shape index (κ2) is 6.12. The van der Waals surface area contributed by atoms with Crippen molar-refractivity contribution in [1.82, 2.24) is 9.80 Å². The first-order valence-electron chi connectivity index (χ1n) is 10.1. The molecule has 1 saturated carbocycles. The number of piperidine rings is 1. The maximum absolute atomic E-state index is 13.3. The van der Waals surface area contributed by atoms with Gasteiger partial charge in [-0.3, -0.25) is 9.69 Å². The molecule has 4 heteroatoms. The average molecular weight is 352 g/mol. The van der Waals surface area contributed by atoms with Crippen LogP contribution in [0.1, 0.15) is 47.4 Å². The fraction of sp³-hybridized carbons (Fsp3) is 0.591. The second-order valence-corrected chi connectivity index (χ2v) is 8.76. The minimum atomic E-state index is 0.0847. The predicted molar refractivity (Wildman–Crippen MR) is 102 cm³/mol. The summed E-state index contributed by atoms with van der Waals surface area (Å²) in [6, 6.07) is 6.68. The normalized spacial score (nSPS) is 26.5. The molecule has 0 N–H and O–H groups in total. The highest BCUT2D eigenvalue weighted by Crippen LogP contribution is 2.35. The van der Waals surface area contributed by atoms with Gasteiger partial charge in [-0.25, -0.2) is 0 Å². The van der Waals surface area contributed by atoms with Crippen molar-refractivity contribution < 1.29 is 9.21 Å². The van der Waals surface area contributed by atoms with E-state index >= 15 is 0 Å². The van der Waals surface area contributed by atoms with Crippen molar-refractivity contribution in [1.29, 1.82) is 0 Å². The summed E-state index contributed by atoms with van der Waals surface area (Å²) in [6.45, 7) is 8.25. The third-order valence-corrected chi connectivity index (χ3v) is 6.59. The topological polar surface area (TPSA) is 36.7 Å². The van der Waals surface area contributed by atoms with E-state index < -0.39 is 0 Å². The van der Waals surface area contributed by atoms with Crippen LogP contribution in [0, 0.1) is 25.7 Å². The summed E-state index contributed by atoms with van der Waals surface area (Å²) in [7, 11) is 0. The molecular formula is C22H28N2O2. The lowest BCUT2D eigenvalue weighted by atomic mass is 9.95. The van der Waals surface area contributed by atoms with Gasteiger partial charge in [-0.2, -0.15) is 0 Å². The first-order valence-corrected chi connectivity index (χ1v) is 10.1. The number of amides is 1. The Kier molecular flexibility index (Phi) is 3.85. The molecule has 0 spiro atoms. The maximum Gasteiger partial charge on any atom is 0.289 e. The van der Waals surface area contributed by atoms with Gasteiger partial charge in [-0.1, -0.05) is 11.6 Å². The Morgan fingerprint density at radius 2 is 1.96 bits per heavy atom. The van der Waals surface area contributed by atoms with E-state index in [0.29, 0.717) is 17.7 Å². The quantitative estimate of drug-likeness (QED) is 0.838. The molecule has 1 amide bonds. The van der Waals surface area contributed by atoms with Crippen LogP contribution < -0.4 is 0 Å². The number of rotatable bonds is 3. The van der Waals surface area contributed by atoms with Crippen molar-refractivity contribution in [2.45, 2.75) is 45.6 Å². The fourth-order valence-corrected chi connectivity index (χ4v) is 4.88. The molecule has 4 aliphatic rings. The Morgan fingerprint density at radius 3 is 2.77 bits per heavy atom. The van der Waals surface area contributed by atoms with E-state index in [9.17, 15) is 4.79 Å². The van der Waals surface area contributed by atoms with E-state index in [1.54, 1.807) is 0 Å². The minimum Gasteiger partial charge on any atom is -0.451 e. The monoisotopic (exact) mass is 352 g/mol. The first kappa shape index (κ1) is 16.4. The molecule has 3 aliphatic heterocycles. The Labute approximate surface area is 155 Å². The number of fused-ring (bicyclic) bond motifs is 5. The third-order valence-electron chi connectivity index (χ3n) is 6.59. The summed E-state index contributed by atoms with van der Waals surface area (Å²) in [5.41, 5.74) is 3.01. The molecule has 1 aromatic heterocycles. The van der Waals surface area contributed by atoms with Crippen molar-refractivity contribution >= 4 is 16.9 Å². The fourth-order valence-electron chi connectivity index (χ4n) is 4.88. The van der Waals surface area contributed by atoms with Crippen LogP contribution in [0.4, 0.5) is 0 Å². The number of benzene rings is 1. The Balaban J connectivity index is 1.41. The highest BCUT2D eigenvalue weighted by Gasteiger charge is 2.39. The van der Waals surface area contributed by atoms with E-state index in [4.69, 9.17) is 4.42 Å². The summed E-state index contributed by atoms with van der Waals surface area (Å²) in [5, 5.41) is 1.07. The Bertz CT molecular complexity index is 851. The predicted octanol–water partition coefficient (Wildman–Crippen LogP) is 4.00. The van der Waals surface area contributed by atoms with Crippen LogP contribution in [0.5, 0.6) is 0 Å². The van der Waals surface area contributed by atoms with E-state index in [0.717, 1.165) is 35.5 Å². The van der Waals surface area contributed by atoms with Gasteiger partial charge in [0.2, 0.25) is 0 Å². The highest BCUT2D eigenvalue weighted by molar-refractivity contribution is 5.99. The molecule has 2 atom stereocenters. The summed E-state index contributed by atoms with van der Waals surface area (Å²) in [4.78, 5) is 18.1. The van der Waals surface area contributed by atoms with Crippen LogP contribution in [0.15, 0.2) is 22.6 Å². The molecule has 138 valence electrons.